The lowest BCUT2D eigenvalue weighted by atomic mass is 9.82. The standard InChI is InChI=1S/C16H26N2O3/c1-16(2)5-7-18(8-6-16)15(21)17-13-11-4-3-10(9-11)12(13)14(19)20/h10-13H,3-9H2,1-2H3,(H,17,21)(H,19,20). The maximum absolute atomic E-state index is 12.4. The predicted molar refractivity (Wildman–Crippen MR) is 78.9 cm³/mol. The summed E-state index contributed by atoms with van der Waals surface area (Å²) in [4.78, 5) is 25.8. The Hall–Kier alpha value is -1.26. The molecule has 118 valence electrons. The van der Waals surface area contributed by atoms with Gasteiger partial charge in [-0.1, -0.05) is 13.8 Å². The first kappa shape index (κ1) is 14.7. The van der Waals surface area contributed by atoms with Gasteiger partial charge in [-0.25, -0.2) is 4.79 Å². The van der Waals surface area contributed by atoms with E-state index in [1.165, 1.54) is 0 Å². The first-order valence-corrected chi connectivity index (χ1v) is 8.16. The number of nitrogens with zero attached hydrogens (tertiary/aromatic N) is 1. The molecular formula is C16H26N2O3. The quantitative estimate of drug-likeness (QED) is 0.821. The zero-order valence-corrected chi connectivity index (χ0v) is 13.0. The molecule has 2 aliphatic carbocycles. The van der Waals surface area contributed by atoms with Crippen LogP contribution in [0.2, 0.25) is 0 Å². The van der Waals surface area contributed by atoms with E-state index in [0.29, 0.717) is 11.3 Å². The van der Waals surface area contributed by atoms with Gasteiger partial charge < -0.3 is 15.3 Å². The van der Waals surface area contributed by atoms with E-state index >= 15 is 0 Å². The van der Waals surface area contributed by atoms with Crippen molar-refractivity contribution in [2.75, 3.05) is 13.1 Å². The van der Waals surface area contributed by atoms with Crippen molar-refractivity contribution in [2.45, 2.75) is 52.0 Å². The number of hydrogen-bond donors (Lipinski definition) is 2. The number of hydrogen-bond acceptors (Lipinski definition) is 2. The van der Waals surface area contributed by atoms with Crippen LogP contribution in [0, 0.1) is 23.2 Å². The number of carbonyl (C=O) groups is 2. The van der Waals surface area contributed by atoms with Gasteiger partial charge in [0.1, 0.15) is 0 Å². The summed E-state index contributed by atoms with van der Waals surface area (Å²) in [5, 5.41) is 12.5. The van der Waals surface area contributed by atoms with E-state index in [1.54, 1.807) is 0 Å². The van der Waals surface area contributed by atoms with Crippen LogP contribution in [0.3, 0.4) is 0 Å². The Kier molecular flexibility index (Phi) is 3.62. The van der Waals surface area contributed by atoms with Crippen LogP contribution in [-0.2, 0) is 4.79 Å². The average Bonchev–Trinajstić information content (AvgIpc) is 2.98. The summed E-state index contributed by atoms with van der Waals surface area (Å²) < 4.78 is 0. The summed E-state index contributed by atoms with van der Waals surface area (Å²) in [5.41, 5.74) is 0.312. The van der Waals surface area contributed by atoms with Crippen molar-refractivity contribution >= 4 is 12.0 Å². The number of carboxylic acids is 1. The normalized spacial score (nSPS) is 37.5. The Morgan fingerprint density at radius 3 is 2.38 bits per heavy atom. The molecule has 5 nitrogen and oxygen atoms in total. The monoisotopic (exact) mass is 294 g/mol. The molecule has 21 heavy (non-hydrogen) atoms. The lowest BCUT2D eigenvalue weighted by Crippen LogP contribution is -2.53. The average molecular weight is 294 g/mol. The molecule has 2 N–H and O–H groups in total. The molecule has 0 aromatic rings. The maximum atomic E-state index is 12.4. The fourth-order valence-corrected chi connectivity index (χ4v) is 4.40. The second-order valence-electron chi connectivity index (χ2n) is 7.82. The topological polar surface area (TPSA) is 69.6 Å². The molecule has 0 radical (unpaired) electrons. The fraction of sp³-hybridized carbons (Fsp3) is 0.875. The fourth-order valence-electron chi connectivity index (χ4n) is 4.40. The second kappa shape index (κ2) is 5.18. The van der Waals surface area contributed by atoms with Crippen LogP contribution >= 0.6 is 0 Å². The summed E-state index contributed by atoms with van der Waals surface area (Å²) in [6.45, 7) is 6.02. The lowest BCUT2D eigenvalue weighted by Gasteiger charge is -2.38. The molecule has 4 atom stereocenters. The number of rotatable bonds is 2. The minimum absolute atomic E-state index is 0.0608. The van der Waals surface area contributed by atoms with Crippen LogP contribution in [0.1, 0.15) is 46.0 Å². The number of likely N-dealkylation sites (tertiary alicyclic amines) is 1. The van der Waals surface area contributed by atoms with E-state index in [1.807, 2.05) is 4.90 Å². The minimum Gasteiger partial charge on any atom is -0.481 e. The SMILES string of the molecule is CC1(C)CCN(C(=O)NC2C3CCC(C3)C2C(=O)O)CC1. The van der Waals surface area contributed by atoms with Crippen molar-refractivity contribution in [3.05, 3.63) is 0 Å². The number of piperidine rings is 1. The Balaban J connectivity index is 1.61. The van der Waals surface area contributed by atoms with Crippen molar-refractivity contribution in [1.82, 2.24) is 10.2 Å². The van der Waals surface area contributed by atoms with Crippen molar-refractivity contribution in [3.8, 4) is 0 Å². The van der Waals surface area contributed by atoms with Gasteiger partial charge >= 0.3 is 12.0 Å². The highest BCUT2D eigenvalue weighted by Crippen LogP contribution is 2.48. The third-order valence-corrected chi connectivity index (χ3v) is 5.90. The van der Waals surface area contributed by atoms with Crippen LogP contribution in [-0.4, -0.2) is 41.1 Å². The maximum Gasteiger partial charge on any atom is 0.317 e. The van der Waals surface area contributed by atoms with E-state index in [0.717, 1.165) is 45.2 Å². The van der Waals surface area contributed by atoms with E-state index in [9.17, 15) is 14.7 Å². The molecule has 0 aromatic carbocycles. The molecule has 5 heteroatoms. The zero-order valence-electron chi connectivity index (χ0n) is 13.0. The predicted octanol–water partition coefficient (Wildman–Crippen LogP) is 2.32. The van der Waals surface area contributed by atoms with E-state index in [2.05, 4.69) is 19.2 Å². The highest BCUT2D eigenvalue weighted by molar-refractivity contribution is 5.77. The number of nitrogens with one attached hydrogen (secondary N) is 1. The number of carboxylic acid groups (broad SMARTS) is 1. The van der Waals surface area contributed by atoms with Crippen LogP contribution in [0.25, 0.3) is 0 Å². The van der Waals surface area contributed by atoms with Crippen LogP contribution in [0.4, 0.5) is 4.79 Å². The Bertz CT molecular complexity index is 439. The molecule has 4 unspecified atom stereocenters. The third kappa shape index (κ3) is 2.74. The summed E-state index contributed by atoms with van der Waals surface area (Å²) in [5.74, 6) is -0.499. The van der Waals surface area contributed by atoms with Gasteiger partial charge in [0.15, 0.2) is 0 Å². The minimum atomic E-state index is -0.743. The Morgan fingerprint density at radius 1 is 1.14 bits per heavy atom. The molecule has 0 aromatic heterocycles. The smallest absolute Gasteiger partial charge is 0.317 e. The van der Waals surface area contributed by atoms with Crippen molar-refractivity contribution in [2.24, 2.45) is 23.2 Å². The van der Waals surface area contributed by atoms with Crippen LogP contribution in [0.15, 0.2) is 0 Å². The molecule has 2 saturated carbocycles. The van der Waals surface area contributed by atoms with Gasteiger partial charge in [-0.05, 0) is 49.4 Å². The van der Waals surface area contributed by atoms with Gasteiger partial charge in [0.2, 0.25) is 0 Å². The van der Waals surface area contributed by atoms with Crippen LogP contribution in [0.5, 0.6) is 0 Å². The lowest BCUT2D eigenvalue weighted by molar-refractivity contribution is -0.144. The highest BCUT2D eigenvalue weighted by Gasteiger charge is 2.51. The summed E-state index contributed by atoms with van der Waals surface area (Å²) in [6.07, 6.45) is 5.06. The molecule has 1 saturated heterocycles. The Morgan fingerprint density at radius 2 is 1.76 bits per heavy atom. The summed E-state index contributed by atoms with van der Waals surface area (Å²) in [6, 6.07) is -0.224. The Labute approximate surface area is 126 Å². The second-order valence-corrected chi connectivity index (χ2v) is 7.82. The van der Waals surface area contributed by atoms with E-state index < -0.39 is 5.97 Å². The van der Waals surface area contributed by atoms with Crippen molar-refractivity contribution in [3.63, 3.8) is 0 Å². The molecule has 0 spiro atoms. The summed E-state index contributed by atoms with van der Waals surface area (Å²) in [7, 11) is 0. The molecule has 2 amide bonds. The molecule has 3 fully saturated rings. The van der Waals surface area contributed by atoms with E-state index in [4.69, 9.17) is 0 Å². The third-order valence-electron chi connectivity index (χ3n) is 5.90. The first-order valence-electron chi connectivity index (χ1n) is 8.16. The molecule has 3 rings (SSSR count). The first-order chi connectivity index (χ1) is 9.87. The number of amides is 2. The molecule has 1 aliphatic heterocycles. The van der Waals surface area contributed by atoms with Crippen LogP contribution < -0.4 is 5.32 Å². The van der Waals surface area contributed by atoms with Gasteiger partial charge in [0.25, 0.3) is 0 Å². The van der Waals surface area contributed by atoms with E-state index in [-0.39, 0.29) is 23.9 Å². The van der Waals surface area contributed by atoms with Crippen molar-refractivity contribution < 1.29 is 14.7 Å². The number of carbonyl (C=O) groups excluding carboxylic acids is 1. The van der Waals surface area contributed by atoms with Gasteiger partial charge in [-0.2, -0.15) is 0 Å². The molecule has 2 bridgehead atoms. The van der Waals surface area contributed by atoms with Gasteiger partial charge in [0, 0.05) is 19.1 Å². The zero-order chi connectivity index (χ0) is 15.2. The molecular weight excluding hydrogens is 268 g/mol. The largest absolute Gasteiger partial charge is 0.481 e. The van der Waals surface area contributed by atoms with Gasteiger partial charge in [0.05, 0.1) is 5.92 Å². The number of urea groups is 1. The number of fused-ring (bicyclic) bond motifs is 2. The highest BCUT2D eigenvalue weighted by atomic mass is 16.4. The molecule has 3 aliphatic rings. The summed E-state index contributed by atoms with van der Waals surface area (Å²) >= 11 is 0. The van der Waals surface area contributed by atoms with Gasteiger partial charge in [-0.15, -0.1) is 0 Å². The molecule has 1 heterocycles. The van der Waals surface area contributed by atoms with Crippen molar-refractivity contribution in [1.29, 1.82) is 0 Å². The van der Waals surface area contributed by atoms with Gasteiger partial charge in [-0.3, -0.25) is 4.79 Å². The number of aliphatic carboxylic acids is 1.